The molecule has 2 N–H and O–H groups in total. The molecule has 0 radical (unpaired) electrons. The topological polar surface area (TPSA) is 69.6 Å². The Hall–Kier alpha value is -0.750. The summed E-state index contributed by atoms with van der Waals surface area (Å²) in [7, 11) is 0. The summed E-state index contributed by atoms with van der Waals surface area (Å²) in [6.45, 7) is 4.92. The molecule has 1 aliphatic heterocycles. The van der Waals surface area contributed by atoms with Gasteiger partial charge in [0.15, 0.2) is 0 Å². The van der Waals surface area contributed by atoms with Crippen LogP contribution in [0.4, 0.5) is 0 Å². The molecule has 1 aliphatic rings. The number of carbonyl (C=O) groups is 2. The van der Waals surface area contributed by atoms with E-state index in [-0.39, 0.29) is 18.5 Å². The number of thioether (sulfide) groups is 1. The summed E-state index contributed by atoms with van der Waals surface area (Å²) in [5.41, 5.74) is 0. The van der Waals surface area contributed by atoms with Crippen molar-refractivity contribution in [2.24, 2.45) is 0 Å². The molecule has 1 atom stereocenters. The normalized spacial score (nSPS) is 20.9. The molecule has 0 bridgehead atoms. The van der Waals surface area contributed by atoms with Crippen molar-refractivity contribution in [1.82, 2.24) is 10.2 Å². The quantitative estimate of drug-likeness (QED) is 0.749. The number of amides is 1. The van der Waals surface area contributed by atoms with Crippen LogP contribution in [0.25, 0.3) is 0 Å². The van der Waals surface area contributed by atoms with Gasteiger partial charge in [-0.15, -0.1) is 0 Å². The first kappa shape index (κ1) is 15.3. The average Bonchev–Trinajstić information content (AvgIpc) is 2.36. The monoisotopic (exact) mass is 274 g/mol. The van der Waals surface area contributed by atoms with Gasteiger partial charge in [-0.05, 0) is 12.8 Å². The third kappa shape index (κ3) is 4.49. The fraction of sp³-hybridized carbons (Fsp3) is 0.833. The van der Waals surface area contributed by atoms with Crippen LogP contribution in [-0.4, -0.2) is 58.6 Å². The Labute approximate surface area is 112 Å². The number of aliphatic carboxylic acids is 1. The number of hydrogen-bond donors (Lipinski definition) is 2. The van der Waals surface area contributed by atoms with Crippen molar-refractivity contribution < 1.29 is 14.7 Å². The Morgan fingerprint density at radius 2 is 2.11 bits per heavy atom. The van der Waals surface area contributed by atoms with Gasteiger partial charge >= 0.3 is 5.97 Å². The molecule has 1 rings (SSSR count). The van der Waals surface area contributed by atoms with E-state index in [1.165, 1.54) is 0 Å². The van der Waals surface area contributed by atoms with Crippen LogP contribution in [0.2, 0.25) is 0 Å². The summed E-state index contributed by atoms with van der Waals surface area (Å²) in [5.74, 6) is 0.551. The van der Waals surface area contributed by atoms with Crippen molar-refractivity contribution in [2.75, 3.05) is 24.6 Å². The van der Waals surface area contributed by atoms with Gasteiger partial charge in [0.25, 0.3) is 0 Å². The predicted octanol–water partition coefficient (Wildman–Crippen LogP) is 0.793. The van der Waals surface area contributed by atoms with Crippen LogP contribution in [0.1, 0.15) is 26.7 Å². The minimum absolute atomic E-state index is 0.0677. The highest BCUT2D eigenvalue weighted by Crippen LogP contribution is 2.16. The van der Waals surface area contributed by atoms with Gasteiger partial charge < -0.3 is 10.4 Å². The summed E-state index contributed by atoms with van der Waals surface area (Å²) >= 11 is 1.63. The molecule has 0 aromatic heterocycles. The first-order chi connectivity index (χ1) is 8.58. The maximum atomic E-state index is 11.9. The van der Waals surface area contributed by atoms with E-state index >= 15 is 0 Å². The first-order valence-electron chi connectivity index (χ1n) is 6.42. The highest BCUT2D eigenvalue weighted by Gasteiger charge is 2.30. The molecule has 1 fully saturated rings. The average molecular weight is 274 g/mol. The molecule has 0 spiro atoms. The second kappa shape index (κ2) is 7.63. The van der Waals surface area contributed by atoms with Crippen molar-refractivity contribution in [3.8, 4) is 0 Å². The van der Waals surface area contributed by atoms with Crippen LogP contribution in [0.5, 0.6) is 0 Å². The standard InChI is InChI=1S/C12H22N2O3S/c1-3-9(4-2)13-11(15)7-14-5-6-18-8-10(14)12(16)17/h9-10H,3-8H2,1-2H3,(H,13,15)(H,16,17). The van der Waals surface area contributed by atoms with E-state index in [4.69, 9.17) is 5.11 Å². The zero-order chi connectivity index (χ0) is 13.5. The Morgan fingerprint density at radius 3 is 2.67 bits per heavy atom. The number of hydrogen-bond acceptors (Lipinski definition) is 4. The fourth-order valence-electron chi connectivity index (χ4n) is 2.01. The van der Waals surface area contributed by atoms with Crippen molar-refractivity contribution in [3.63, 3.8) is 0 Å². The number of carbonyl (C=O) groups excluding carboxylic acids is 1. The number of nitrogens with one attached hydrogen (secondary N) is 1. The Balaban J connectivity index is 2.48. The lowest BCUT2D eigenvalue weighted by Crippen LogP contribution is -2.52. The van der Waals surface area contributed by atoms with Gasteiger partial charge in [0.2, 0.25) is 5.91 Å². The summed E-state index contributed by atoms with van der Waals surface area (Å²) in [6.07, 6.45) is 1.81. The van der Waals surface area contributed by atoms with Crippen LogP contribution in [0, 0.1) is 0 Å². The molecule has 0 aromatic rings. The minimum Gasteiger partial charge on any atom is -0.480 e. The van der Waals surface area contributed by atoms with Crippen LogP contribution >= 0.6 is 11.8 Å². The molecule has 1 heterocycles. The van der Waals surface area contributed by atoms with Gasteiger partial charge in [-0.3, -0.25) is 14.5 Å². The zero-order valence-corrected chi connectivity index (χ0v) is 11.8. The number of nitrogens with zero attached hydrogens (tertiary/aromatic N) is 1. The van der Waals surface area contributed by atoms with E-state index in [1.807, 2.05) is 13.8 Å². The molecular weight excluding hydrogens is 252 g/mol. The van der Waals surface area contributed by atoms with E-state index in [0.717, 1.165) is 18.6 Å². The lowest BCUT2D eigenvalue weighted by atomic mass is 10.1. The third-order valence-corrected chi connectivity index (χ3v) is 4.24. The number of rotatable bonds is 6. The molecule has 0 aliphatic carbocycles. The zero-order valence-electron chi connectivity index (χ0n) is 11.0. The fourth-order valence-corrected chi connectivity index (χ4v) is 3.11. The molecule has 0 aromatic carbocycles. The molecule has 18 heavy (non-hydrogen) atoms. The van der Waals surface area contributed by atoms with Gasteiger partial charge in [0.1, 0.15) is 6.04 Å². The third-order valence-electron chi connectivity index (χ3n) is 3.22. The first-order valence-corrected chi connectivity index (χ1v) is 7.57. The van der Waals surface area contributed by atoms with E-state index in [9.17, 15) is 9.59 Å². The van der Waals surface area contributed by atoms with Crippen LogP contribution < -0.4 is 5.32 Å². The highest BCUT2D eigenvalue weighted by molar-refractivity contribution is 7.99. The Kier molecular flexibility index (Phi) is 6.49. The predicted molar refractivity (Wildman–Crippen MR) is 72.8 cm³/mol. The van der Waals surface area contributed by atoms with E-state index in [0.29, 0.717) is 12.3 Å². The minimum atomic E-state index is -0.836. The van der Waals surface area contributed by atoms with Crippen LogP contribution in [-0.2, 0) is 9.59 Å². The molecule has 1 amide bonds. The molecule has 1 saturated heterocycles. The second-order valence-electron chi connectivity index (χ2n) is 4.48. The van der Waals surface area contributed by atoms with Crippen molar-refractivity contribution >= 4 is 23.6 Å². The molecule has 5 nitrogen and oxygen atoms in total. The smallest absolute Gasteiger partial charge is 0.321 e. The van der Waals surface area contributed by atoms with Crippen molar-refractivity contribution in [3.05, 3.63) is 0 Å². The maximum Gasteiger partial charge on any atom is 0.321 e. The van der Waals surface area contributed by atoms with Gasteiger partial charge in [0.05, 0.1) is 6.54 Å². The van der Waals surface area contributed by atoms with E-state index in [1.54, 1.807) is 16.7 Å². The molecule has 6 heteroatoms. The van der Waals surface area contributed by atoms with Crippen molar-refractivity contribution in [2.45, 2.75) is 38.8 Å². The summed E-state index contributed by atoms with van der Waals surface area (Å²) < 4.78 is 0. The Bertz CT molecular complexity index is 295. The molecule has 104 valence electrons. The molecular formula is C12H22N2O3S. The molecule has 0 saturated carbocycles. The van der Waals surface area contributed by atoms with Crippen LogP contribution in [0.3, 0.4) is 0 Å². The largest absolute Gasteiger partial charge is 0.480 e. The highest BCUT2D eigenvalue weighted by atomic mass is 32.2. The number of carboxylic acids is 1. The van der Waals surface area contributed by atoms with Gasteiger partial charge in [-0.2, -0.15) is 11.8 Å². The molecule has 1 unspecified atom stereocenters. The summed E-state index contributed by atoms with van der Waals surface area (Å²) in [6, 6.07) is -0.337. The van der Waals surface area contributed by atoms with Crippen molar-refractivity contribution in [1.29, 1.82) is 0 Å². The maximum absolute atomic E-state index is 11.9. The van der Waals surface area contributed by atoms with E-state index in [2.05, 4.69) is 5.32 Å². The second-order valence-corrected chi connectivity index (χ2v) is 5.63. The van der Waals surface area contributed by atoms with Gasteiger partial charge in [-0.1, -0.05) is 13.8 Å². The summed E-state index contributed by atoms with van der Waals surface area (Å²) in [4.78, 5) is 24.7. The van der Waals surface area contributed by atoms with E-state index < -0.39 is 12.0 Å². The van der Waals surface area contributed by atoms with Gasteiger partial charge in [-0.25, -0.2) is 0 Å². The SMILES string of the molecule is CCC(CC)NC(=O)CN1CCSCC1C(=O)O. The van der Waals surface area contributed by atoms with Gasteiger partial charge in [0, 0.05) is 24.1 Å². The Morgan fingerprint density at radius 1 is 1.44 bits per heavy atom. The lowest BCUT2D eigenvalue weighted by Gasteiger charge is -2.32. The van der Waals surface area contributed by atoms with Crippen LogP contribution in [0.15, 0.2) is 0 Å². The summed E-state index contributed by atoms with van der Waals surface area (Å²) in [5, 5.41) is 12.1. The lowest BCUT2D eigenvalue weighted by molar-refractivity contribution is -0.143. The number of carboxylic acid groups (broad SMARTS) is 1.